The largest absolute Gasteiger partial charge is 0.481 e. The van der Waals surface area contributed by atoms with Crippen molar-refractivity contribution in [1.82, 2.24) is 4.90 Å². The molecule has 0 fully saturated rings. The van der Waals surface area contributed by atoms with Gasteiger partial charge in [-0.1, -0.05) is 12.1 Å². The first-order chi connectivity index (χ1) is 9.38. The number of aryl methyl sites for hydroxylation is 1. The first-order valence-electron chi connectivity index (χ1n) is 6.69. The molecule has 0 bridgehead atoms. The maximum Gasteiger partial charge on any atom is 0.303 e. The number of nitrogens with zero attached hydrogens (tertiary/aromatic N) is 1. The molecule has 0 heterocycles. The molecular formula is C15H22N2O3. The molecule has 0 saturated carbocycles. The maximum atomic E-state index is 11.9. The molecule has 0 unspecified atom stereocenters. The van der Waals surface area contributed by atoms with Crippen molar-refractivity contribution in [3.63, 3.8) is 0 Å². The number of carbonyl (C=O) groups is 2. The third-order valence-corrected chi connectivity index (χ3v) is 3.11. The second-order valence-electron chi connectivity index (χ2n) is 5.15. The number of carboxylic acid groups (broad SMARTS) is 1. The zero-order valence-corrected chi connectivity index (χ0v) is 12.2. The van der Waals surface area contributed by atoms with Crippen LogP contribution in [0.15, 0.2) is 24.3 Å². The Labute approximate surface area is 119 Å². The summed E-state index contributed by atoms with van der Waals surface area (Å²) in [7, 11) is 1.90. The van der Waals surface area contributed by atoms with Gasteiger partial charge in [0, 0.05) is 18.2 Å². The molecule has 1 rings (SSSR count). The smallest absolute Gasteiger partial charge is 0.303 e. The highest BCUT2D eigenvalue weighted by molar-refractivity contribution is 5.92. The average molecular weight is 278 g/mol. The van der Waals surface area contributed by atoms with E-state index in [1.54, 1.807) is 6.07 Å². The normalized spacial score (nSPS) is 10.8. The van der Waals surface area contributed by atoms with Crippen molar-refractivity contribution < 1.29 is 14.7 Å². The van der Waals surface area contributed by atoms with Crippen LogP contribution in [0.1, 0.15) is 25.8 Å². The molecule has 1 aromatic rings. The third kappa shape index (κ3) is 5.84. The van der Waals surface area contributed by atoms with Gasteiger partial charge in [0.2, 0.25) is 5.91 Å². The van der Waals surface area contributed by atoms with Gasteiger partial charge in [0.05, 0.1) is 6.54 Å². The predicted molar refractivity (Wildman–Crippen MR) is 78.8 cm³/mol. The van der Waals surface area contributed by atoms with E-state index in [4.69, 9.17) is 5.11 Å². The first kappa shape index (κ1) is 16.2. The molecule has 110 valence electrons. The topological polar surface area (TPSA) is 69.6 Å². The zero-order chi connectivity index (χ0) is 15.1. The monoisotopic (exact) mass is 278 g/mol. The number of carboxylic acids is 1. The number of aliphatic carboxylic acids is 1. The number of nitrogens with one attached hydrogen (secondary N) is 1. The molecule has 0 aliphatic rings. The molecule has 5 nitrogen and oxygen atoms in total. The SMILES string of the molecule is CC(C)N(C)CC(=O)Nc1cccc(CCC(=O)O)c1. The van der Waals surface area contributed by atoms with Gasteiger partial charge in [-0.2, -0.15) is 0 Å². The summed E-state index contributed by atoms with van der Waals surface area (Å²) in [5, 5.41) is 11.5. The van der Waals surface area contributed by atoms with E-state index >= 15 is 0 Å². The fourth-order valence-corrected chi connectivity index (χ4v) is 1.67. The standard InChI is InChI=1S/C15H22N2O3/c1-11(2)17(3)10-14(18)16-13-6-4-5-12(9-13)7-8-15(19)20/h4-6,9,11H,7-8,10H2,1-3H3,(H,16,18)(H,19,20). The second kappa shape index (κ2) is 7.65. The Hall–Kier alpha value is -1.88. The quantitative estimate of drug-likeness (QED) is 0.800. The van der Waals surface area contributed by atoms with Crippen LogP contribution < -0.4 is 5.32 Å². The molecule has 0 aromatic heterocycles. The van der Waals surface area contributed by atoms with Gasteiger partial charge >= 0.3 is 5.97 Å². The molecule has 20 heavy (non-hydrogen) atoms. The van der Waals surface area contributed by atoms with Crippen LogP contribution in [0.2, 0.25) is 0 Å². The van der Waals surface area contributed by atoms with Crippen molar-refractivity contribution in [2.45, 2.75) is 32.7 Å². The van der Waals surface area contributed by atoms with Crippen LogP contribution in [-0.4, -0.2) is 41.5 Å². The summed E-state index contributed by atoms with van der Waals surface area (Å²) < 4.78 is 0. The van der Waals surface area contributed by atoms with Gasteiger partial charge in [-0.05, 0) is 45.0 Å². The van der Waals surface area contributed by atoms with Gasteiger partial charge in [0.15, 0.2) is 0 Å². The molecular weight excluding hydrogens is 256 g/mol. The lowest BCUT2D eigenvalue weighted by molar-refractivity contribution is -0.137. The Morgan fingerprint density at radius 1 is 1.35 bits per heavy atom. The number of hydrogen-bond donors (Lipinski definition) is 2. The van der Waals surface area contributed by atoms with E-state index in [-0.39, 0.29) is 12.3 Å². The predicted octanol–water partition coefficient (Wildman–Crippen LogP) is 1.98. The van der Waals surface area contributed by atoms with E-state index < -0.39 is 5.97 Å². The van der Waals surface area contributed by atoms with Gasteiger partial charge in [0.25, 0.3) is 0 Å². The number of carbonyl (C=O) groups excluding carboxylic acids is 1. The minimum atomic E-state index is -0.821. The van der Waals surface area contributed by atoms with E-state index in [0.717, 1.165) is 5.56 Å². The minimum Gasteiger partial charge on any atom is -0.481 e. The van der Waals surface area contributed by atoms with E-state index in [1.807, 2.05) is 44.0 Å². The fourth-order valence-electron chi connectivity index (χ4n) is 1.67. The summed E-state index contributed by atoms with van der Waals surface area (Å²) >= 11 is 0. The Morgan fingerprint density at radius 2 is 2.05 bits per heavy atom. The highest BCUT2D eigenvalue weighted by atomic mass is 16.4. The molecule has 0 aliphatic carbocycles. The summed E-state index contributed by atoms with van der Waals surface area (Å²) in [6.45, 7) is 4.39. The van der Waals surface area contributed by atoms with Gasteiger partial charge in [-0.15, -0.1) is 0 Å². The Morgan fingerprint density at radius 3 is 2.65 bits per heavy atom. The van der Waals surface area contributed by atoms with Crippen LogP contribution in [0.25, 0.3) is 0 Å². The molecule has 1 amide bonds. The van der Waals surface area contributed by atoms with E-state index in [1.165, 1.54) is 0 Å². The Bertz CT molecular complexity index is 472. The van der Waals surface area contributed by atoms with Crippen molar-refractivity contribution in [3.05, 3.63) is 29.8 Å². The number of amides is 1. The van der Waals surface area contributed by atoms with Gasteiger partial charge in [-0.3, -0.25) is 14.5 Å². The van der Waals surface area contributed by atoms with Crippen molar-refractivity contribution >= 4 is 17.6 Å². The number of anilines is 1. The third-order valence-electron chi connectivity index (χ3n) is 3.11. The summed E-state index contributed by atoms with van der Waals surface area (Å²) in [6.07, 6.45) is 0.554. The lowest BCUT2D eigenvalue weighted by Gasteiger charge is -2.20. The summed E-state index contributed by atoms with van der Waals surface area (Å²) in [5.74, 6) is -0.894. The van der Waals surface area contributed by atoms with Crippen molar-refractivity contribution in [1.29, 1.82) is 0 Å². The summed E-state index contributed by atoms with van der Waals surface area (Å²) in [4.78, 5) is 24.4. The Balaban J connectivity index is 2.57. The highest BCUT2D eigenvalue weighted by Crippen LogP contribution is 2.12. The summed E-state index contributed by atoms with van der Waals surface area (Å²) in [5.41, 5.74) is 1.61. The molecule has 5 heteroatoms. The van der Waals surface area contributed by atoms with E-state index in [0.29, 0.717) is 24.7 Å². The van der Waals surface area contributed by atoms with Crippen LogP contribution in [-0.2, 0) is 16.0 Å². The molecule has 0 saturated heterocycles. The van der Waals surface area contributed by atoms with Crippen molar-refractivity contribution in [2.24, 2.45) is 0 Å². The lowest BCUT2D eigenvalue weighted by atomic mass is 10.1. The Kier molecular flexibility index (Phi) is 6.18. The fraction of sp³-hybridized carbons (Fsp3) is 0.467. The molecule has 0 radical (unpaired) electrons. The van der Waals surface area contributed by atoms with E-state index in [2.05, 4.69) is 5.32 Å². The number of rotatable bonds is 7. The van der Waals surface area contributed by atoms with Crippen LogP contribution in [0.4, 0.5) is 5.69 Å². The first-order valence-corrected chi connectivity index (χ1v) is 6.69. The molecule has 0 atom stereocenters. The molecule has 1 aromatic carbocycles. The highest BCUT2D eigenvalue weighted by Gasteiger charge is 2.09. The van der Waals surface area contributed by atoms with Crippen LogP contribution in [0, 0.1) is 0 Å². The number of benzene rings is 1. The van der Waals surface area contributed by atoms with Crippen LogP contribution in [0.5, 0.6) is 0 Å². The molecule has 2 N–H and O–H groups in total. The zero-order valence-electron chi connectivity index (χ0n) is 12.2. The second-order valence-corrected chi connectivity index (χ2v) is 5.15. The maximum absolute atomic E-state index is 11.9. The number of likely N-dealkylation sites (N-methyl/N-ethyl adjacent to an activating group) is 1. The minimum absolute atomic E-state index is 0.0726. The molecule has 0 spiro atoms. The van der Waals surface area contributed by atoms with Crippen molar-refractivity contribution in [2.75, 3.05) is 18.9 Å². The lowest BCUT2D eigenvalue weighted by Crippen LogP contribution is -2.34. The summed E-state index contributed by atoms with van der Waals surface area (Å²) in [6, 6.07) is 7.61. The van der Waals surface area contributed by atoms with E-state index in [9.17, 15) is 9.59 Å². The van der Waals surface area contributed by atoms with Gasteiger partial charge in [-0.25, -0.2) is 0 Å². The van der Waals surface area contributed by atoms with Crippen LogP contribution >= 0.6 is 0 Å². The van der Waals surface area contributed by atoms with Crippen LogP contribution in [0.3, 0.4) is 0 Å². The van der Waals surface area contributed by atoms with Crippen molar-refractivity contribution in [3.8, 4) is 0 Å². The molecule has 0 aliphatic heterocycles. The average Bonchev–Trinajstić information content (AvgIpc) is 2.36. The van der Waals surface area contributed by atoms with Gasteiger partial charge < -0.3 is 10.4 Å². The van der Waals surface area contributed by atoms with Gasteiger partial charge in [0.1, 0.15) is 0 Å². The number of hydrogen-bond acceptors (Lipinski definition) is 3.